The van der Waals surface area contributed by atoms with Gasteiger partial charge in [0.15, 0.2) is 0 Å². The van der Waals surface area contributed by atoms with Crippen molar-refractivity contribution in [3.8, 4) is 0 Å². The van der Waals surface area contributed by atoms with Gasteiger partial charge in [0, 0.05) is 6.42 Å². The first kappa shape index (κ1) is 22.9. The molecule has 172 valence electrons. The predicted octanol–water partition coefficient (Wildman–Crippen LogP) is 7.83. The number of carbonyl (C=O) groups excluding carboxylic acids is 1. The van der Waals surface area contributed by atoms with Gasteiger partial charge < -0.3 is 4.43 Å². The molecule has 0 amide bonds. The molecule has 0 aromatic rings. The quantitative estimate of drug-likeness (QED) is 0.414. The molecular weight excluding hydrogens is 384 g/mol. The number of fused-ring (bicyclic) bond motifs is 5. The lowest BCUT2D eigenvalue weighted by atomic mass is 9.44. The summed E-state index contributed by atoms with van der Waals surface area (Å²) in [6, 6.07) is 0. The third-order valence-corrected chi connectivity index (χ3v) is 11.4. The molecule has 0 bridgehead atoms. The molecule has 4 aliphatic carbocycles. The van der Waals surface area contributed by atoms with Crippen LogP contribution in [0.2, 0.25) is 19.6 Å². The Bertz CT molecular complexity index is 639. The highest BCUT2D eigenvalue weighted by Crippen LogP contribution is 2.68. The third-order valence-electron chi connectivity index (χ3n) is 10.6. The molecule has 0 radical (unpaired) electrons. The van der Waals surface area contributed by atoms with Crippen LogP contribution in [0.25, 0.3) is 0 Å². The van der Waals surface area contributed by atoms with Crippen LogP contribution in [0.5, 0.6) is 0 Å². The second kappa shape index (κ2) is 8.23. The van der Waals surface area contributed by atoms with Gasteiger partial charge in [-0.2, -0.15) is 0 Å². The lowest BCUT2D eigenvalue weighted by Gasteiger charge is -2.61. The van der Waals surface area contributed by atoms with E-state index in [4.69, 9.17) is 4.43 Å². The standard InChI is InChI=1S/C27H48O2Si/c1-19(10-15-25(28)29-30(4,5)6)22-13-14-23-21-12-11-20-9-7-8-17-26(20,2)24(21)16-18-27(22,23)3/h19-24H,7-18H2,1-6H3/t19-,20?,21+,22-,23+,24+,26+,27-/m1/s1. The van der Waals surface area contributed by atoms with E-state index in [9.17, 15) is 4.79 Å². The van der Waals surface area contributed by atoms with Crippen LogP contribution in [0.15, 0.2) is 0 Å². The van der Waals surface area contributed by atoms with E-state index in [2.05, 4.69) is 40.4 Å². The highest BCUT2D eigenvalue weighted by atomic mass is 28.4. The van der Waals surface area contributed by atoms with Gasteiger partial charge in [0.1, 0.15) is 0 Å². The summed E-state index contributed by atoms with van der Waals surface area (Å²) < 4.78 is 5.71. The minimum absolute atomic E-state index is 0.0490. The Balaban J connectivity index is 1.42. The van der Waals surface area contributed by atoms with Crippen molar-refractivity contribution in [1.29, 1.82) is 0 Å². The van der Waals surface area contributed by atoms with Gasteiger partial charge in [0.2, 0.25) is 8.32 Å². The third kappa shape index (κ3) is 4.06. The Morgan fingerprint density at radius 2 is 1.67 bits per heavy atom. The van der Waals surface area contributed by atoms with Gasteiger partial charge in [-0.1, -0.05) is 33.6 Å². The van der Waals surface area contributed by atoms with Crippen LogP contribution in [0.1, 0.15) is 97.8 Å². The van der Waals surface area contributed by atoms with E-state index in [1.54, 1.807) is 0 Å². The first-order valence-corrected chi connectivity index (χ1v) is 16.7. The van der Waals surface area contributed by atoms with E-state index in [0.29, 0.717) is 23.2 Å². The second-order valence-electron chi connectivity index (χ2n) is 13.2. The highest BCUT2D eigenvalue weighted by molar-refractivity contribution is 6.71. The van der Waals surface area contributed by atoms with E-state index in [-0.39, 0.29) is 5.97 Å². The van der Waals surface area contributed by atoms with Crippen LogP contribution in [-0.2, 0) is 9.22 Å². The Morgan fingerprint density at radius 1 is 0.933 bits per heavy atom. The molecule has 0 saturated heterocycles. The lowest BCUT2D eigenvalue weighted by Crippen LogP contribution is -2.53. The summed E-state index contributed by atoms with van der Waals surface area (Å²) in [5.41, 5.74) is 1.16. The fraction of sp³-hybridized carbons (Fsp3) is 0.963. The van der Waals surface area contributed by atoms with Crippen molar-refractivity contribution in [3.05, 3.63) is 0 Å². The first-order valence-electron chi connectivity index (χ1n) is 13.3. The van der Waals surface area contributed by atoms with Crippen molar-refractivity contribution in [3.63, 3.8) is 0 Å². The van der Waals surface area contributed by atoms with Crippen molar-refractivity contribution >= 4 is 14.3 Å². The van der Waals surface area contributed by atoms with E-state index in [1.807, 2.05) is 0 Å². The van der Waals surface area contributed by atoms with Crippen molar-refractivity contribution in [2.75, 3.05) is 0 Å². The minimum atomic E-state index is -1.76. The topological polar surface area (TPSA) is 26.3 Å². The molecule has 0 aliphatic heterocycles. The zero-order valence-electron chi connectivity index (χ0n) is 20.8. The maximum Gasteiger partial charge on any atom is 0.292 e. The SMILES string of the molecule is C[C@H](CCC(=O)O[Si](C)(C)C)[C@H]1CC[C@H]2[C@@H]3CCC4CCCC[C@]4(C)[C@H]3CC[C@]12C. The van der Waals surface area contributed by atoms with Crippen LogP contribution in [0.4, 0.5) is 0 Å². The number of hydrogen-bond acceptors (Lipinski definition) is 2. The van der Waals surface area contributed by atoms with Gasteiger partial charge in [0.05, 0.1) is 0 Å². The average molecular weight is 433 g/mol. The van der Waals surface area contributed by atoms with Crippen LogP contribution < -0.4 is 0 Å². The summed E-state index contributed by atoms with van der Waals surface area (Å²) in [4.78, 5) is 12.3. The molecule has 4 fully saturated rings. The fourth-order valence-electron chi connectivity index (χ4n) is 9.21. The van der Waals surface area contributed by atoms with E-state index < -0.39 is 8.32 Å². The van der Waals surface area contributed by atoms with Gasteiger partial charge in [-0.3, -0.25) is 4.79 Å². The van der Waals surface area contributed by atoms with Crippen molar-refractivity contribution in [1.82, 2.24) is 0 Å². The first-order chi connectivity index (χ1) is 14.0. The molecule has 1 unspecified atom stereocenters. The Morgan fingerprint density at radius 3 is 2.40 bits per heavy atom. The Labute approximate surface area is 187 Å². The second-order valence-corrected chi connectivity index (χ2v) is 17.7. The zero-order valence-corrected chi connectivity index (χ0v) is 21.8. The molecule has 0 spiro atoms. The number of rotatable bonds is 5. The monoisotopic (exact) mass is 432 g/mol. The van der Waals surface area contributed by atoms with Crippen molar-refractivity contribution < 1.29 is 9.22 Å². The molecule has 0 N–H and O–H groups in total. The summed E-state index contributed by atoms with van der Waals surface area (Å²) in [5, 5.41) is 0. The molecule has 0 aromatic heterocycles. The minimum Gasteiger partial charge on any atom is -0.520 e. The van der Waals surface area contributed by atoms with Crippen LogP contribution in [0.3, 0.4) is 0 Å². The summed E-state index contributed by atoms with van der Waals surface area (Å²) in [7, 11) is -1.76. The van der Waals surface area contributed by atoms with Crippen LogP contribution in [-0.4, -0.2) is 14.3 Å². The average Bonchev–Trinajstić information content (AvgIpc) is 3.01. The lowest BCUT2D eigenvalue weighted by molar-refractivity contribution is -0.136. The molecular formula is C27H48O2Si. The fourth-order valence-corrected chi connectivity index (χ4v) is 9.99. The maximum absolute atomic E-state index is 12.3. The molecule has 4 saturated carbocycles. The predicted molar refractivity (Wildman–Crippen MR) is 128 cm³/mol. The molecule has 3 heteroatoms. The van der Waals surface area contributed by atoms with Crippen LogP contribution in [0, 0.1) is 46.3 Å². The Kier molecular flexibility index (Phi) is 6.27. The van der Waals surface area contributed by atoms with Crippen molar-refractivity contribution in [2.45, 2.75) is 117 Å². The molecule has 4 aliphatic rings. The van der Waals surface area contributed by atoms with Gasteiger partial charge in [-0.05, 0) is 124 Å². The summed E-state index contributed by atoms with van der Waals surface area (Å²) in [6.07, 6.45) is 16.4. The highest BCUT2D eigenvalue weighted by Gasteiger charge is 2.60. The summed E-state index contributed by atoms with van der Waals surface area (Å²) in [6.45, 7) is 14.1. The van der Waals surface area contributed by atoms with Crippen molar-refractivity contribution in [2.24, 2.45) is 46.3 Å². The van der Waals surface area contributed by atoms with Gasteiger partial charge in [0.25, 0.3) is 5.97 Å². The smallest absolute Gasteiger partial charge is 0.292 e. The number of hydrogen-bond donors (Lipinski definition) is 0. The molecule has 8 atom stereocenters. The summed E-state index contributed by atoms with van der Waals surface area (Å²) >= 11 is 0. The maximum atomic E-state index is 12.3. The van der Waals surface area contributed by atoms with E-state index in [0.717, 1.165) is 36.0 Å². The molecule has 4 rings (SSSR count). The molecule has 30 heavy (non-hydrogen) atoms. The molecule has 2 nitrogen and oxygen atoms in total. The Hall–Kier alpha value is -0.313. The molecule has 0 aromatic carbocycles. The van der Waals surface area contributed by atoms with Gasteiger partial charge in [-0.15, -0.1) is 0 Å². The van der Waals surface area contributed by atoms with E-state index in [1.165, 1.54) is 64.2 Å². The van der Waals surface area contributed by atoms with Crippen LogP contribution >= 0.6 is 0 Å². The summed E-state index contributed by atoms with van der Waals surface area (Å²) in [5.74, 6) is 5.44. The number of carbonyl (C=O) groups is 1. The van der Waals surface area contributed by atoms with Gasteiger partial charge in [-0.25, -0.2) is 0 Å². The largest absolute Gasteiger partial charge is 0.520 e. The van der Waals surface area contributed by atoms with E-state index >= 15 is 0 Å². The van der Waals surface area contributed by atoms with Gasteiger partial charge >= 0.3 is 0 Å². The molecule has 0 heterocycles. The normalized spacial score (nSPS) is 44.5. The zero-order chi connectivity index (χ0) is 21.7.